The number of aromatic nitrogens is 3. The van der Waals surface area contributed by atoms with Crippen LogP contribution in [-0.2, 0) is 7.05 Å². The second kappa shape index (κ2) is 9.62. The Morgan fingerprint density at radius 2 is 2.05 bits per heavy atom. The largest absolute Gasteiger partial charge is 0.494 e. The van der Waals surface area contributed by atoms with Gasteiger partial charge in [-0.15, -0.1) is 5.10 Å². The lowest BCUT2D eigenvalue weighted by Crippen LogP contribution is -2.08. The molecule has 0 amide bonds. The number of nitrogens with zero attached hydrogens (tertiary/aromatic N) is 3. The van der Waals surface area contributed by atoms with Crippen molar-refractivity contribution in [1.82, 2.24) is 20.1 Å². The molecule has 122 valence electrons. The molecule has 0 aliphatic rings. The molecule has 0 spiro atoms. The summed E-state index contributed by atoms with van der Waals surface area (Å²) < 4.78 is 7.18. The molecule has 2 aromatic rings. The molecule has 0 bridgehead atoms. The summed E-state index contributed by atoms with van der Waals surface area (Å²) in [6.45, 7) is 3.44. The first-order valence-electron chi connectivity index (χ1n) is 7.25. The molecule has 0 radical (unpaired) electrons. The number of aryl methyl sites for hydroxylation is 2. The van der Waals surface area contributed by atoms with E-state index in [2.05, 4.69) is 20.7 Å². The zero-order valence-corrected chi connectivity index (χ0v) is 13.8. The van der Waals surface area contributed by atoms with Gasteiger partial charge in [0.15, 0.2) is 0 Å². The summed E-state index contributed by atoms with van der Waals surface area (Å²) in [5.41, 5.74) is 6.78. The van der Waals surface area contributed by atoms with Gasteiger partial charge in [-0.2, -0.15) is 4.98 Å². The van der Waals surface area contributed by atoms with Crippen LogP contribution >= 0.6 is 0 Å². The van der Waals surface area contributed by atoms with Crippen molar-refractivity contribution in [1.29, 1.82) is 0 Å². The zero-order valence-electron chi connectivity index (χ0n) is 13.8. The van der Waals surface area contributed by atoms with E-state index in [1.165, 1.54) is 10.2 Å². The van der Waals surface area contributed by atoms with Crippen LogP contribution in [-0.4, -0.2) is 42.0 Å². The quantitative estimate of drug-likeness (QED) is 0.699. The Morgan fingerprint density at radius 3 is 2.64 bits per heavy atom. The second-order valence-corrected chi connectivity index (χ2v) is 4.86. The van der Waals surface area contributed by atoms with E-state index in [0.29, 0.717) is 18.5 Å². The number of anilines is 2. The van der Waals surface area contributed by atoms with Crippen LogP contribution < -0.4 is 21.1 Å². The number of hydrogen-bond donors (Lipinski definition) is 3. The van der Waals surface area contributed by atoms with E-state index in [0.717, 1.165) is 18.7 Å². The Kier molecular flexibility index (Phi) is 7.77. The number of ether oxygens (including phenoxy) is 1. The smallest absolute Gasteiger partial charge is 0.243 e. The highest BCUT2D eigenvalue weighted by Gasteiger charge is 2.02. The van der Waals surface area contributed by atoms with Crippen molar-refractivity contribution in [3.8, 4) is 5.75 Å². The van der Waals surface area contributed by atoms with Crippen LogP contribution in [0.25, 0.3) is 0 Å². The van der Waals surface area contributed by atoms with Gasteiger partial charge in [-0.1, -0.05) is 12.1 Å². The van der Waals surface area contributed by atoms with Crippen molar-refractivity contribution in [2.45, 2.75) is 13.3 Å². The number of hydrogen-bond acceptors (Lipinski definition) is 6. The lowest BCUT2D eigenvalue weighted by molar-refractivity contribution is 0.314. The van der Waals surface area contributed by atoms with E-state index >= 15 is 0 Å². The molecular weight excluding hydrogens is 280 g/mol. The van der Waals surface area contributed by atoms with Crippen LogP contribution in [0.2, 0.25) is 0 Å². The van der Waals surface area contributed by atoms with Gasteiger partial charge in [-0.05, 0) is 45.1 Å². The molecule has 1 aromatic carbocycles. The third-order valence-corrected chi connectivity index (χ3v) is 2.66. The molecule has 0 unspecified atom stereocenters. The zero-order chi connectivity index (χ0) is 16.4. The summed E-state index contributed by atoms with van der Waals surface area (Å²) in [6.07, 6.45) is 0.867. The van der Waals surface area contributed by atoms with Crippen molar-refractivity contribution in [3.63, 3.8) is 0 Å². The molecule has 7 heteroatoms. The topological polar surface area (TPSA) is 90.0 Å². The molecule has 22 heavy (non-hydrogen) atoms. The monoisotopic (exact) mass is 306 g/mol. The predicted molar refractivity (Wildman–Crippen MR) is 90.2 cm³/mol. The maximum Gasteiger partial charge on any atom is 0.243 e. The van der Waals surface area contributed by atoms with Gasteiger partial charge in [-0.25, -0.2) is 4.68 Å². The molecule has 7 nitrogen and oxygen atoms in total. The molecule has 0 saturated carbocycles. The van der Waals surface area contributed by atoms with Crippen LogP contribution in [0.3, 0.4) is 0 Å². The number of nitrogen functional groups attached to an aromatic ring is 1. The van der Waals surface area contributed by atoms with Crippen molar-refractivity contribution in [3.05, 3.63) is 29.8 Å². The average molecular weight is 306 g/mol. The minimum Gasteiger partial charge on any atom is -0.494 e. The van der Waals surface area contributed by atoms with Crippen LogP contribution in [0, 0.1) is 6.92 Å². The number of nitrogens with two attached hydrogens (primary N) is 1. The lowest BCUT2D eigenvalue weighted by Gasteiger charge is -2.06. The van der Waals surface area contributed by atoms with Gasteiger partial charge < -0.3 is 21.1 Å². The van der Waals surface area contributed by atoms with Crippen molar-refractivity contribution < 1.29 is 4.74 Å². The molecule has 1 aromatic heterocycles. The van der Waals surface area contributed by atoms with Gasteiger partial charge in [0.05, 0.1) is 6.61 Å². The Morgan fingerprint density at radius 1 is 1.32 bits per heavy atom. The van der Waals surface area contributed by atoms with Gasteiger partial charge in [-0.3, -0.25) is 0 Å². The molecule has 0 saturated heterocycles. The number of benzene rings is 1. The number of rotatable bonds is 6. The predicted octanol–water partition coefficient (Wildman–Crippen LogP) is 1.42. The van der Waals surface area contributed by atoms with Gasteiger partial charge >= 0.3 is 0 Å². The lowest BCUT2D eigenvalue weighted by atomic mass is 10.2. The van der Waals surface area contributed by atoms with E-state index in [1.54, 1.807) is 7.05 Å². The van der Waals surface area contributed by atoms with E-state index in [9.17, 15) is 0 Å². The molecule has 0 aliphatic carbocycles. The minimum absolute atomic E-state index is 0.401. The van der Waals surface area contributed by atoms with Crippen LogP contribution in [0.1, 0.15) is 12.0 Å². The first kappa shape index (κ1) is 17.8. The SMILES string of the molecule is CNC.Cc1cccc(OCCCNc2nc(N)n(C)n2)c1. The average Bonchev–Trinajstić information content (AvgIpc) is 2.78. The normalized spacial score (nSPS) is 9.82. The number of nitrogens with one attached hydrogen (secondary N) is 2. The third kappa shape index (κ3) is 6.45. The van der Waals surface area contributed by atoms with Crippen LogP contribution in [0.4, 0.5) is 11.9 Å². The highest BCUT2D eigenvalue weighted by Crippen LogP contribution is 2.12. The van der Waals surface area contributed by atoms with Crippen molar-refractivity contribution >= 4 is 11.9 Å². The fourth-order valence-electron chi connectivity index (χ4n) is 1.64. The van der Waals surface area contributed by atoms with Crippen LogP contribution in [0.5, 0.6) is 5.75 Å². The van der Waals surface area contributed by atoms with E-state index < -0.39 is 0 Å². The van der Waals surface area contributed by atoms with Gasteiger partial charge in [0, 0.05) is 13.6 Å². The Bertz CT molecular complexity index is 535. The fourth-order valence-corrected chi connectivity index (χ4v) is 1.64. The molecule has 4 N–H and O–H groups in total. The molecule has 0 aliphatic heterocycles. The molecule has 1 heterocycles. The maximum atomic E-state index is 5.64. The summed E-state index contributed by atoms with van der Waals surface area (Å²) >= 11 is 0. The second-order valence-electron chi connectivity index (χ2n) is 4.86. The highest BCUT2D eigenvalue weighted by atomic mass is 16.5. The fraction of sp³-hybridized carbons (Fsp3) is 0.467. The van der Waals surface area contributed by atoms with E-state index in [4.69, 9.17) is 10.5 Å². The van der Waals surface area contributed by atoms with Gasteiger partial charge in [0.2, 0.25) is 11.9 Å². The maximum absolute atomic E-state index is 5.64. The summed E-state index contributed by atoms with van der Waals surface area (Å²) in [6, 6.07) is 8.02. The highest BCUT2D eigenvalue weighted by molar-refractivity contribution is 5.31. The van der Waals surface area contributed by atoms with E-state index in [-0.39, 0.29) is 0 Å². The van der Waals surface area contributed by atoms with Crippen molar-refractivity contribution in [2.24, 2.45) is 7.05 Å². The van der Waals surface area contributed by atoms with Gasteiger partial charge in [0.1, 0.15) is 5.75 Å². The molecule has 0 fully saturated rings. The Labute approximate surface area is 131 Å². The van der Waals surface area contributed by atoms with Gasteiger partial charge in [0.25, 0.3) is 0 Å². The Hall–Kier alpha value is -2.28. The summed E-state index contributed by atoms with van der Waals surface area (Å²) in [7, 11) is 5.51. The van der Waals surface area contributed by atoms with E-state index in [1.807, 2.05) is 45.3 Å². The summed E-state index contributed by atoms with van der Waals surface area (Å²) in [4.78, 5) is 4.06. The summed E-state index contributed by atoms with van der Waals surface area (Å²) in [5, 5.41) is 9.96. The van der Waals surface area contributed by atoms with Crippen molar-refractivity contribution in [2.75, 3.05) is 38.3 Å². The standard InChI is InChI=1S/C13H19N5O.C2H7N/c1-10-5-3-6-11(9-10)19-8-4-7-15-13-16-12(14)18(2)17-13;1-3-2/h3,5-6,9H,4,7-8H2,1-2H3,(H3,14,15,16,17);3H,1-2H3. The third-order valence-electron chi connectivity index (χ3n) is 2.66. The Balaban J connectivity index is 0.000000745. The first-order valence-corrected chi connectivity index (χ1v) is 7.25. The molecular formula is C15H26N6O. The minimum atomic E-state index is 0.401. The summed E-state index contributed by atoms with van der Waals surface area (Å²) in [5.74, 6) is 1.86. The molecule has 0 atom stereocenters. The van der Waals surface area contributed by atoms with Crippen LogP contribution in [0.15, 0.2) is 24.3 Å². The molecule has 2 rings (SSSR count). The first-order chi connectivity index (χ1) is 10.6.